The van der Waals surface area contributed by atoms with Crippen LogP contribution in [0.4, 0.5) is 16.1 Å². The highest BCUT2D eigenvalue weighted by Crippen LogP contribution is 2.48. The fraction of sp³-hybridized carbons (Fsp3) is 0.324. The zero-order chi connectivity index (χ0) is 87.3. The molecular weight excluding hydrogens is 1610 g/mol. The van der Waals surface area contributed by atoms with Gasteiger partial charge in [0.05, 0.1) is 76.3 Å². The number of aromatic amines is 2. The Balaban J connectivity index is 0.000000129. The number of aromatic hydroxyl groups is 1. The molecule has 11 heterocycles. The Morgan fingerprint density at radius 3 is 2.16 bits per heavy atom. The fourth-order valence-corrected chi connectivity index (χ4v) is 19.4. The zero-order valence-electron chi connectivity index (χ0n) is 74.4. The van der Waals surface area contributed by atoms with Crippen molar-refractivity contribution in [2.45, 2.75) is 200 Å². The van der Waals surface area contributed by atoms with Crippen LogP contribution in [0, 0.1) is 38.0 Å². The second-order valence-corrected chi connectivity index (χ2v) is 34.1. The molecule has 6 aliphatic carbocycles. The summed E-state index contributed by atoms with van der Waals surface area (Å²) in [6, 6.07) is 27.1. The van der Waals surface area contributed by atoms with Gasteiger partial charge in [-0.05, 0) is 293 Å². The van der Waals surface area contributed by atoms with Crippen LogP contribution in [0.5, 0.6) is 5.75 Å². The third-order valence-electron chi connectivity index (χ3n) is 25.9. The number of aliphatic imine (C=N–C) groups is 2. The number of aliphatic hydroxyl groups excluding tert-OH is 1. The lowest BCUT2D eigenvalue weighted by atomic mass is 9.72. The van der Waals surface area contributed by atoms with Crippen LogP contribution in [0.3, 0.4) is 0 Å². The number of rotatable bonds is 19. The molecule has 0 saturated carbocycles. The number of pyridine rings is 3. The van der Waals surface area contributed by atoms with E-state index in [0.717, 1.165) is 163 Å². The van der Waals surface area contributed by atoms with Gasteiger partial charge >= 0.3 is 0 Å². The number of phenolic OH excluding ortho intramolecular Hbond substituents is 1. The Kier molecular flexibility index (Phi) is 29.8. The Hall–Kier alpha value is -13.2. The number of benzene rings is 3. The molecule has 0 saturated heterocycles. The van der Waals surface area contributed by atoms with E-state index < -0.39 is 0 Å². The molecule has 8 atom stereocenters. The van der Waals surface area contributed by atoms with Gasteiger partial charge in [0.25, 0.3) is 0 Å². The number of fused-ring (bicyclic) bond motifs is 10. The van der Waals surface area contributed by atoms with Crippen molar-refractivity contribution in [3.8, 4) is 39.4 Å². The minimum absolute atomic E-state index is 0. The van der Waals surface area contributed by atoms with Gasteiger partial charge in [-0.15, -0.1) is 12.4 Å². The van der Waals surface area contributed by atoms with E-state index in [4.69, 9.17) is 31.1 Å². The van der Waals surface area contributed by atoms with Crippen LogP contribution >= 0.6 is 12.4 Å². The van der Waals surface area contributed by atoms with Gasteiger partial charge in [-0.3, -0.25) is 29.9 Å². The summed E-state index contributed by atoms with van der Waals surface area (Å²) in [6.45, 7) is 23.3. The van der Waals surface area contributed by atoms with Crippen molar-refractivity contribution >= 4 is 78.3 Å². The molecule has 12 N–H and O–H groups in total. The lowest BCUT2D eigenvalue weighted by Gasteiger charge is -2.40. The summed E-state index contributed by atoms with van der Waals surface area (Å²) in [5, 5.41) is 61.8. The number of aryl methyl sites for hydroxylation is 4. The van der Waals surface area contributed by atoms with Crippen LogP contribution in [0.15, 0.2) is 259 Å². The maximum Gasteiger partial charge on any atom is 0.115 e. The van der Waals surface area contributed by atoms with E-state index in [0.29, 0.717) is 29.1 Å². The number of unbranched alkanes of at least 4 members (excludes halogenated alkanes) is 1. The number of nitrogens with two attached hydrogens (primary N) is 1. The van der Waals surface area contributed by atoms with E-state index in [-0.39, 0.29) is 58.7 Å². The van der Waals surface area contributed by atoms with Gasteiger partial charge in [0.15, 0.2) is 0 Å². The van der Waals surface area contributed by atoms with Crippen LogP contribution < -0.4 is 32.6 Å². The number of halogens is 2. The predicted octanol–water partition coefficient (Wildman–Crippen LogP) is 21.3. The molecule has 660 valence electrons. The number of aliphatic hydroxyl groups is 1. The summed E-state index contributed by atoms with van der Waals surface area (Å²) in [7, 11) is 0. The van der Waals surface area contributed by atoms with Crippen molar-refractivity contribution in [3.05, 3.63) is 312 Å². The lowest BCUT2D eigenvalue weighted by molar-refractivity contribution is 0.432. The molecule has 0 radical (unpaired) electrons. The summed E-state index contributed by atoms with van der Waals surface area (Å²) in [4.78, 5) is 24.4. The van der Waals surface area contributed by atoms with Crippen molar-refractivity contribution in [1.29, 1.82) is 5.41 Å². The largest absolute Gasteiger partial charge is 0.508 e. The van der Waals surface area contributed by atoms with Crippen molar-refractivity contribution in [2.24, 2.45) is 37.1 Å². The summed E-state index contributed by atoms with van der Waals surface area (Å²) in [5.41, 5.74) is 53.9. The van der Waals surface area contributed by atoms with Crippen LogP contribution in [-0.2, 0) is 25.7 Å². The molecule has 8 unspecified atom stereocenters. The molecular formula is C105H119ClFN19O2. The second-order valence-electron chi connectivity index (χ2n) is 34.1. The van der Waals surface area contributed by atoms with Gasteiger partial charge in [0, 0.05) is 129 Å². The lowest BCUT2D eigenvalue weighted by Crippen LogP contribution is -2.39. The first-order valence-electron chi connectivity index (χ1n) is 45.1. The zero-order valence-corrected chi connectivity index (χ0v) is 75.2. The number of H-pyrrole nitrogens is 2. The van der Waals surface area contributed by atoms with Crippen LogP contribution in [0.2, 0.25) is 0 Å². The molecule has 0 fully saturated rings. The van der Waals surface area contributed by atoms with E-state index in [2.05, 4.69) is 219 Å². The van der Waals surface area contributed by atoms with Crippen LogP contribution in [0.1, 0.15) is 208 Å². The Bertz CT molecular complexity index is 6030. The molecule has 8 aromatic rings. The Labute approximate surface area is 757 Å². The highest BCUT2D eigenvalue weighted by Gasteiger charge is 2.41. The van der Waals surface area contributed by atoms with E-state index in [1.165, 1.54) is 129 Å². The number of nitrogens with one attached hydrogen (secondary N) is 8. The molecule has 21 nitrogen and oxygen atoms in total. The number of hydrogen-bond acceptors (Lipinski definition) is 19. The third kappa shape index (κ3) is 19.5. The van der Waals surface area contributed by atoms with Gasteiger partial charge in [-0.25, -0.2) is 9.98 Å². The molecule has 12 aliphatic rings. The SMILES string of the molecule is C1=Cc2cc(C3NC4=C(C5=C3CCCC5)C3C=NNC3C=C4)cnc2CC1.C=C/C=C(O)\C=C\C1NC2=C(C(C)=C1CCC)C1C=NNC1C=C2.C=Cc1n[nH]c(C)c1-c1cnc(-c2cn[nH]c2C)cc1CCCC.CCCc1c(-c2ccc(O)cc2)nc2c(c1C)C1C=NNC1C=C2.Cl.F.N=Cc1cc(N=C(C2=CCCCC2)C2=NCCc3ccccc32)ccc1N. The van der Waals surface area contributed by atoms with E-state index >= 15 is 0 Å². The number of hydrazone groups is 3. The first kappa shape index (κ1) is 91.0. The summed E-state index contributed by atoms with van der Waals surface area (Å²) < 4.78 is 0. The summed E-state index contributed by atoms with van der Waals surface area (Å²) in [5.74, 6) is 1.42. The van der Waals surface area contributed by atoms with Crippen molar-refractivity contribution < 1.29 is 14.9 Å². The monoisotopic (exact) mass is 1730 g/mol. The van der Waals surface area contributed by atoms with Crippen LogP contribution in [-0.4, -0.2) is 113 Å². The van der Waals surface area contributed by atoms with Crippen molar-refractivity contribution in [1.82, 2.24) is 62.3 Å². The van der Waals surface area contributed by atoms with Crippen molar-refractivity contribution in [2.75, 3.05) is 12.3 Å². The number of hydrogen-bond donors (Lipinski definition) is 11. The third-order valence-corrected chi connectivity index (χ3v) is 25.9. The minimum Gasteiger partial charge on any atom is -0.508 e. The predicted molar refractivity (Wildman–Crippen MR) is 526 cm³/mol. The molecule has 23 heteroatoms. The average Bonchev–Trinajstić information content (AvgIpc) is 1.63. The number of allylic oxidation sites excluding steroid dienone is 10. The molecule has 20 rings (SSSR count). The average molecular weight is 1730 g/mol. The normalized spacial score (nSPS) is 21.3. The number of dihydropyridines is 2. The smallest absolute Gasteiger partial charge is 0.115 e. The quantitative estimate of drug-likeness (QED) is 0.0155. The van der Waals surface area contributed by atoms with Gasteiger partial charge in [0.2, 0.25) is 0 Å². The number of anilines is 1. The highest BCUT2D eigenvalue weighted by molar-refractivity contribution is 6.54. The second kappa shape index (κ2) is 41.9. The Morgan fingerprint density at radius 2 is 1.44 bits per heavy atom. The number of aromatic nitrogens is 7. The van der Waals surface area contributed by atoms with Gasteiger partial charge < -0.3 is 48.3 Å². The standard InChI is InChI=1S/2C23H24N4.C20H21N3O.C20H25N3O.C19H23N5.ClH.FH/c1-4-8-19-14(5-1)11-15(12-24-19)23-17-7-3-2-6-16(17)22-18-13-25-27-20(18)9-10-21(22)26-23;24-15-18-14-19(10-11-21(18)25)27-22(17-7-2-1-3-8-17)23-20-9-5-4-6-16(20)12-13-26-23;1-3-4-15-12(2)19-16-11-21-23-17(16)9-10-18(19)22-20(15)13-5-7-14(24)8-6-13;1-4-6-14(24)8-9-17-15(7-5-2)13(3)20-16-12-21-23-18(16)10-11-19(20)22-17;1-5-7-8-14-9-18(15-11-21-22-12(15)3)20-10-16(14)19-13(4)23-24-17(19)6-2;;/h1,5,9-13,18,20,23,26-27H,2-4,6-8H2;4-7,9-11,14-15,24H,1-3,8,12-13,25H2;5-11,16-17,23-24H,3-4H2,1-2H3;4,6,8-12,16-18,22-24H,1,5,7H2,2-3H3;6,9-11H,2,5,7-8H2,1,3-4H3,(H,21,22)(H,23,24);2*1H/b;;;9-8+,14-6+;;;. The maximum atomic E-state index is 9.82. The first-order valence-corrected chi connectivity index (χ1v) is 45.1. The molecule has 0 amide bonds. The molecule has 0 spiro atoms. The number of nitrogen functional groups attached to an aromatic ring is 1. The highest BCUT2D eigenvalue weighted by atomic mass is 35.5. The van der Waals surface area contributed by atoms with Gasteiger partial charge in [0.1, 0.15) is 11.5 Å². The van der Waals surface area contributed by atoms with E-state index in [1.807, 2.05) is 75.1 Å². The molecule has 3 aromatic carbocycles. The van der Waals surface area contributed by atoms with Gasteiger partial charge in [-0.1, -0.05) is 126 Å². The number of nitrogens with zero attached hydrogens (tertiary/aromatic N) is 10. The first-order chi connectivity index (χ1) is 61.6. The molecule has 0 bridgehead atoms. The fourth-order valence-electron chi connectivity index (χ4n) is 19.4. The minimum atomic E-state index is 0. The molecule has 6 aliphatic heterocycles. The van der Waals surface area contributed by atoms with Gasteiger partial charge in [-0.2, -0.15) is 25.5 Å². The Morgan fingerprint density at radius 1 is 0.703 bits per heavy atom. The van der Waals surface area contributed by atoms with Crippen LogP contribution in [0.25, 0.3) is 51.9 Å². The topological polar surface area (TPSA) is 308 Å². The number of phenols is 1. The van der Waals surface area contributed by atoms with Crippen molar-refractivity contribution in [3.63, 3.8) is 0 Å². The van der Waals surface area contributed by atoms with E-state index in [1.54, 1.807) is 47.6 Å². The maximum absolute atomic E-state index is 9.82. The summed E-state index contributed by atoms with van der Waals surface area (Å²) >= 11 is 0. The molecule has 5 aromatic heterocycles. The molecule has 128 heavy (non-hydrogen) atoms. The van der Waals surface area contributed by atoms with E-state index in [9.17, 15) is 10.2 Å². The summed E-state index contributed by atoms with van der Waals surface area (Å²) in [6.07, 6.45) is 62.0.